The molecule has 0 fully saturated rings. The van der Waals surface area contributed by atoms with E-state index in [2.05, 4.69) is 5.10 Å². The number of ether oxygens (including phenoxy) is 2. The lowest BCUT2D eigenvalue weighted by Gasteiger charge is -2.21. The zero-order valence-electron chi connectivity index (χ0n) is 16.6. The molecule has 6 heteroatoms. The Hall–Kier alpha value is -3.28. The van der Waals surface area contributed by atoms with E-state index in [1.807, 2.05) is 55.5 Å². The molecule has 2 aromatic carbocycles. The van der Waals surface area contributed by atoms with Crippen LogP contribution in [0.2, 0.25) is 0 Å². The van der Waals surface area contributed by atoms with Crippen molar-refractivity contribution in [1.29, 1.82) is 0 Å². The summed E-state index contributed by atoms with van der Waals surface area (Å²) in [5.41, 5.74) is 10.1. The highest BCUT2D eigenvalue weighted by molar-refractivity contribution is 6.12. The largest absolute Gasteiger partial charge is 0.493 e. The molecular formula is C22H25N3O3. The Kier molecular flexibility index (Phi) is 5.68. The summed E-state index contributed by atoms with van der Waals surface area (Å²) in [4.78, 5) is 12.1. The van der Waals surface area contributed by atoms with E-state index in [1.54, 1.807) is 14.2 Å². The zero-order valence-corrected chi connectivity index (χ0v) is 16.6. The third-order valence-corrected chi connectivity index (χ3v) is 4.73. The molecule has 3 rings (SSSR count). The third kappa shape index (κ3) is 4.01. The quantitative estimate of drug-likeness (QED) is 0.825. The number of nitrogens with two attached hydrogens (primary N) is 1. The lowest BCUT2D eigenvalue weighted by molar-refractivity contribution is -0.130. The van der Waals surface area contributed by atoms with Crippen molar-refractivity contribution >= 4 is 23.4 Å². The number of amides is 1. The van der Waals surface area contributed by atoms with Crippen molar-refractivity contribution in [3.8, 4) is 11.5 Å². The first-order valence-electron chi connectivity index (χ1n) is 9.10. The van der Waals surface area contributed by atoms with E-state index < -0.39 is 0 Å². The fourth-order valence-electron chi connectivity index (χ4n) is 3.29. The molecule has 0 saturated heterocycles. The molecule has 1 aliphatic rings. The molecule has 0 saturated carbocycles. The van der Waals surface area contributed by atoms with Gasteiger partial charge in [-0.2, -0.15) is 5.10 Å². The molecule has 0 aromatic heterocycles. The van der Waals surface area contributed by atoms with Gasteiger partial charge in [-0.05, 0) is 54.8 Å². The van der Waals surface area contributed by atoms with E-state index in [9.17, 15) is 4.79 Å². The average Bonchev–Trinajstić information content (AvgIpc) is 2.82. The molecule has 2 N–H and O–H groups in total. The summed E-state index contributed by atoms with van der Waals surface area (Å²) in [6, 6.07) is 11.4. The smallest absolute Gasteiger partial charge is 0.239 e. The van der Waals surface area contributed by atoms with Crippen LogP contribution in [0.1, 0.15) is 30.5 Å². The Balaban J connectivity index is 2.11. The minimum Gasteiger partial charge on any atom is -0.493 e. The second-order valence-electron chi connectivity index (χ2n) is 6.77. The van der Waals surface area contributed by atoms with Crippen LogP contribution in [0.5, 0.6) is 11.5 Å². The molecule has 1 amide bonds. The van der Waals surface area contributed by atoms with Gasteiger partial charge in [0.15, 0.2) is 11.5 Å². The summed E-state index contributed by atoms with van der Waals surface area (Å²) in [5, 5.41) is 6.18. The summed E-state index contributed by atoms with van der Waals surface area (Å²) in [6.07, 6.45) is 4.52. The van der Waals surface area contributed by atoms with Gasteiger partial charge in [-0.15, -0.1) is 0 Å². The van der Waals surface area contributed by atoms with Crippen LogP contribution in [0.25, 0.3) is 6.08 Å². The van der Waals surface area contributed by atoms with Crippen LogP contribution in [0, 0.1) is 0 Å². The van der Waals surface area contributed by atoms with Crippen LogP contribution in [-0.2, 0) is 11.2 Å². The predicted octanol–water partition coefficient (Wildman–Crippen LogP) is 3.50. The number of hydrogen-bond donors (Lipinski definition) is 1. The first kappa shape index (κ1) is 19.5. The molecule has 6 nitrogen and oxygen atoms in total. The van der Waals surface area contributed by atoms with Crippen molar-refractivity contribution in [2.24, 2.45) is 5.10 Å². The minimum atomic E-state index is -0.0994. The van der Waals surface area contributed by atoms with Gasteiger partial charge < -0.3 is 15.2 Å². The minimum absolute atomic E-state index is 0.0724. The molecule has 1 heterocycles. The van der Waals surface area contributed by atoms with E-state index in [1.165, 1.54) is 11.9 Å². The Morgan fingerprint density at radius 1 is 1.14 bits per heavy atom. The second kappa shape index (κ2) is 8.17. The van der Waals surface area contributed by atoms with Crippen molar-refractivity contribution in [2.45, 2.75) is 26.3 Å². The number of fused-ring (bicyclic) bond motifs is 1. The maximum atomic E-state index is 12.1. The van der Waals surface area contributed by atoms with Crippen molar-refractivity contribution in [2.75, 3.05) is 20.0 Å². The van der Waals surface area contributed by atoms with Gasteiger partial charge in [-0.3, -0.25) is 4.79 Å². The van der Waals surface area contributed by atoms with Crippen LogP contribution >= 0.6 is 0 Å². The lowest BCUT2D eigenvalue weighted by atomic mass is 9.96. The normalized spacial score (nSPS) is 16.4. The fourth-order valence-corrected chi connectivity index (χ4v) is 3.29. The number of methoxy groups -OCH3 is 2. The maximum Gasteiger partial charge on any atom is 0.239 e. The molecule has 1 atom stereocenters. The Bertz CT molecular complexity index is 933. The number of anilines is 1. The van der Waals surface area contributed by atoms with E-state index in [0.717, 1.165) is 16.7 Å². The first-order chi connectivity index (χ1) is 13.4. The van der Waals surface area contributed by atoms with Gasteiger partial charge in [-0.1, -0.05) is 18.2 Å². The number of hydrazone groups is 1. The van der Waals surface area contributed by atoms with Gasteiger partial charge in [0, 0.05) is 18.2 Å². The van der Waals surface area contributed by atoms with Gasteiger partial charge in [0.05, 0.1) is 26.0 Å². The van der Waals surface area contributed by atoms with Gasteiger partial charge in [0.25, 0.3) is 0 Å². The number of nitrogens with zero attached hydrogens (tertiary/aromatic N) is 2. The monoisotopic (exact) mass is 379 g/mol. The molecule has 0 radical (unpaired) electrons. The van der Waals surface area contributed by atoms with Crippen LogP contribution in [0.4, 0.5) is 5.69 Å². The number of carbonyl (C=O) groups excluding carboxylic acids is 1. The molecule has 0 bridgehead atoms. The molecule has 2 aromatic rings. The molecule has 146 valence electrons. The molecule has 1 aliphatic heterocycles. The highest BCUT2D eigenvalue weighted by Gasteiger charge is 2.25. The standard InChI is InChI=1S/C22H25N3O3/c1-14-11-17-12-21(27-3)22(28-4)13-19(17)20(24-25(14)15(2)26)10-7-16-5-8-18(23)9-6-16/h5-10,12-14H,11,23H2,1-4H3. The SMILES string of the molecule is COc1cc2c(cc1OC)C(C=Cc1ccc(N)cc1)=NN(C(C)=O)C(C)C2. The Labute approximate surface area is 165 Å². The summed E-state index contributed by atoms with van der Waals surface area (Å²) < 4.78 is 10.9. The number of benzene rings is 2. The first-order valence-corrected chi connectivity index (χ1v) is 9.10. The van der Waals surface area contributed by atoms with Crippen LogP contribution < -0.4 is 15.2 Å². The highest BCUT2D eigenvalue weighted by Crippen LogP contribution is 2.33. The van der Waals surface area contributed by atoms with Gasteiger partial charge in [0.2, 0.25) is 5.91 Å². The van der Waals surface area contributed by atoms with Crippen molar-refractivity contribution < 1.29 is 14.3 Å². The van der Waals surface area contributed by atoms with Crippen LogP contribution in [-0.4, -0.2) is 36.9 Å². The van der Waals surface area contributed by atoms with Crippen molar-refractivity contribution in [3.63, 3.8) is 0 Å². The maximum absolute atomic E-state index is 12.1. The Morgan fingerprint density at radius 3 is 2.39 bits per heavy atom. The molecular weight excluding hydrogens is 354 g/mol. The van der Waals surface area contributed by atoms with Gasteiger partial charge >= 0.3 is 0 Å². The number of hydrogen-bond acceptors (Lipinski definition) is 5. The molecule has 1 unspecified atom stereocenters. The summed E-state index contributed by atoms with van der Waals surface area (Å²) in [5.74, 6) is 1.18. The second-order valence-corrected chi connectivity index (χ2v) is 6.77. The van der Waals surface area contributed by atoms with Gasteiger partial charge in [-0.25, -0.2) is 5.01 Å². The number of nitrogen functional groups attached to an aromatic ring is 1. The van der Waals surface area contributed by atoms with Crippen molar-refractivity contribution in [1.82, 2.24) is 5.01 Å². The summed E-state index contributed by atoms with van der Waals surface area (Å²) >= 11 is 0. The fraction of sp³-hybridized carbons (Fsp3) is 0.273. The third-order valence-electron chi connectivity index (χ3n) is 4.73. The zero-order chi connectivity index (χ0) is 20.3. The highest BCUT2D eigenvalue weighted by atomic mass is 16.5. The molecule has 28 heavy (non-hydrogen) atoms. The Morgan fingerprint density at radius 2 is 1.79 bits per heavy atom. The topological polar surface area (TPSA) is 77.2 Å². The van der Waals surface area contributed by atoms with E-state index in [0.29, 0.717) is 29.3 Å². The van der Waals surface area contributed by atoms with E-state index in [-0.39, 0.29) is 11.9 Å². The van der Waals surface area contributed by atoms with Crippen LogP contribution in [0.3, 0.4) is 0 Å². The molecule has 0 aliphatic carbocycles. The molecule has 0 spiro atoms. The van der Waals surface area contributed by atoms with Crippen molar-refractivity contribution in [3.05, 3.63) is 59.2 Å². The summed E-state index contributed by atoms with van der Waals surface area (Å²) in [7, 11) is 3.22. The van der Waals surface area contributed by atoms with E-state index >= 15 is 0 Å². The average molecular weight is 379 g/mol. The number of rotatable bonds is 4. The predicted molar refractivity (Wildman–Crippen MR) is 112 cm³/mol. The van der Waals surface area contributed by atoms with E-state index in [4.69, 9.17) is 15.2 Å². The number of carbonyl (C=O) groups is 1. The summed E-state index contributed by atoms with van der Waals surface area (Å²) in [6.45, 7) is 3.51. The lowest BCUT2D eigenvalue weighted by Crippen LogP contribution is -2.33. The number of allylic oxidation sites excluding steroid dienone is 1. The van der Waals surface area contributed by atoms with Crippen LogP contribution in [0.15, 0.2) is 47.6 Å². The van der Waals surface area contributed by atoms with Gasteiger partial charge in [0.1, 0.15) is 0 Å².